The zero-order valence-electron chi connectivity index (χ0n) is 8.53. The molecule has 0 fully saturated rings. The van der Waals surface area contributed by atoms with Crippen LogP contribution in [-0.2, 0) is 5.88 Å². The molecule has 0 saturated carbocycles. The van der Waals surface area contributed by atoms with Gasteiger partial charge in [0.05, 0.1) is 6.61 Å². The number of rotatable bonds is 4. The number of benzene rings is 1. The Labute approximate surface area is 94.1 Å². The van der Waals surface area contributed by atoms with E-state index in [2.05, 4.69) is 5.32 Å². The normalized spacial score (nSPS) is 12.2. The van der Waals surface area contributed by atoms with Crippen LogP contribution in [0.4, 0.5) is 0 Å². The molecule has 1 aromatic rings. The molecule has 0 aliphatic carbocycles. The Morgan fingerprint density at radius 2 is 2.33 bits per heavy atom. The third kappa shape index (κ3) is 3.53. The summed E-state index contributed by atoms with van der Waals surface area (Å²) in [5, 5.41) is 11.5. The highest BCUT2D eigenvalue weighted by Gasteiger charge is 2.08. The maximum Gasteiger partial charge on any atom is 0.251 e. The lowest BCUT2D eigenvalue weighted by atomic mass is 10.1. The summed E-state index contributed by atoms with van der Waals surface area (Å²) in [5.41, 5.74) is 1.47. The van der Waals surface area contributed by atoms with E-state index in [-0.39, 0.29) is 18.6 Å². The molecule has 0 aliphatic rings. The van der Waals surface area contributed by atoms with Crippen molar-refractivity contribution in [3.05, 3.63) is 35.4 Å². The minimum absolute atomic E-state index is 0.0685. The van der Waals surface area contributed by atoms with Crippen LogP contribution < -0.4 is 5.32 Å². The second-order valence-corrected chi connectivity index (χ2v) is 3.66. The van der Waals surface area contributed by atoms with Crippen LogP contribution >= 0.6 is 11.6 Å². The Balaban J connectivity index is 2.73. The van der Waals surface area contributed by atoms with E-state index < -0.39 is 0 Å². The van der Waals surface area contributed by atoms with Gasteiger partial charge in [-0.1, -0.05) is 12.1 Å². The zero-order chi connectivity index (χ0) is 11.3. The molecule has 2 N–H and O–H groups in total. The van der Waals surface area contributed by atoms with Crippen LogP contribution in [0.25, 0.3) is 0 Å². The topological polar surface area (TPSA) is 49.3 Å². The van der Waals surface area contributed by atoms with E-state index in [1.54, 1.807) is 25.1 Å². The summed E-state index contributed by atoms with van der Waals surface area (Å²) in [6, 6.07) is 6.87. The predicted octanol–water partition coefficient (Wildman–Crippen LogP) is 1.54. The maximum absolute atomic E-state index is 11.6. The largest absolute Gasteiger partial charge is 0.394 e. The van der Waals surface area contributed by atoms with Crippen LogP contribution in [0.1, 0.15) is 22.8 Å². The van der Waals surface area contributed by atoms with Gasteiger partial charge in [-0.15, -0.1) is 11.6 Å². The quantitative estimate of drug-likeness (QED) is 0.767. The molecule has 0 spiro atoms. The lowest BCUT2D eigenvalue weighted by Gasteiger charge is -2.10. The highest BCUT2D eigenvalue weighted by molar-refractivity contribution is 6.17. The SMILES string of the molecule is C[C@H](CO)NC(=O)c1cccc(CCl)c1. The number of carbonyl (C=O) groups is 1. The summed E-state index contributed by atoms with van der Waals surface area (Å²) in [6.45, 7) is 1.67. The van der Waals surface area contributed by atoms with Crippen LogP contribution in [0.3, 0.4) is 0 Å². The van der Waals surface area contributed by atoms with E-state index in [1.165, 1.54) is 0 Å². The Morgan fingerprint density at radius 3 is 2.93 bits per heavy atom. The number of amides is 1. The van der Waals surface area contributed by atoms with Gasteiger partial charge >= 0.3 is 0 Å². The minimum Gasteiger partial charge on any atom is -0.394 e. The molecule has 1 amide bonds. The number of hydrogen-bond donors (Lipinski definition) is 2. The van der Waals surface area contributed by atoms with E-state index in [9.17, 15) is 4.79 Å². The number of aliphatic hydroxyl groups is 1. The fraction of sp³-hybridized carbons (Fsp3) is 0.364. The van der Waals surface area contributed by atoms with Gasteiger partial charge < -0.3 is 10.4 Å². The maximum atomic E-state index is 11.6. The first kappa shape index (κ1) is 12.0. The summed E-state index contributed by atoms with van der Waals surface area (Å²) < 4.78 is 0. The van der Waals surface area contributed by atoms with Crippen molar-refractivity contribution >= 4 is 17.5 Å². The Hall–Kier alpha value is -1.06. The van der Waals surface area contributed by atoms with Crippen molar-refractivity contribution in [2.24, 2.45) is 0 Å². The third-order valence-corrected chi connectivity index (χ3v) is 2.30. The van der Waals surface area contributed by atoms with Crippen LogP contribution in [-0.4, -0.2) is 23.7 Å². The molecule has 1 aromatic carbocycles. The molecule has 0 aliphatic heterocycles. The van der Waals surface area contributed by atoms with Gasteiger partial charge in [-0.05, 0) is 24.6 Å². The van der Waals surface area contributed by atoms with Crippen LogP contribution in [0.15, 0.2) is 24.3 Å². The van der Waals surface area contributed by atoms with Gasteiger partial charge in [0, 0.05) is 17.5 Å². The van der Waals surface area contributed by atoms with Crippen molar-refractivity contribution in [3.8, 4) is 0 Å². The number of carbonyl (C=O) groups excluding carboxylic acids is 1. The Bertz CT molecular complexity index is 341. The lowest BCUT2D eigenvalue weighted by Crippen LogP contribution is -2.34. The van der Waals surface area contributed by atoms with Crippen LogP contribution in [0.5, 0.6) is 0 Å². The fourth-order valence-electron chi connectivity index (χ4n) is 1.15. The number of halogens is 1. The van der Waals surface area contributed by atoms with Gasteiger partial charge in [0.1, 0.15) is 0 Å². The average Bonchev–Trinajstić information content (AvgIpc) is 2.28. The summed E-state index contributed by atoms with van der Waals surface area (Å²) >= 11 is 5.66. The second-order valence-electron chi connectivity index (χ2n) is 3.39. The molecule has 0 radical (unpaired) electrons. The number of nitrogens with one attached hydrogen (secondary N) is 1. The molecule has 3 nitrogen and oxygen atoms in total. The molecule has 82 valence electrons. The van der Waals surface area contributed by atoms with Crippen molar-refractivity contribution in [2.45, 2.75) is 18.8 Å². The Kier molecular flexibility index (Phi) is 4.59. The van der Waals surface area contributed by atoms with Crippen LogP contribution in [0.2, 0.25) is 0 Å². The smallest absolute Gasteiger partial charge is 0.251 e. The van der Waals surface area contributed by atoms with E-state index >= 15 is 0 Å². The standard InChI is InChI=1S/C11H14ClNO2/c1-8(7-14)13-11(15)10-4-2-3-9(5-10)6-12/h2-5,8,14H,6-7H2,1H3,(H,13,15)/t8-/m1/s1. The molecule has 0 unspecified atom stereocenters. The highest BCUT2D eigenvalue weighted by atomic mass is 35.5. The van der Waals surface area contributed by atoms with E-state index in [0.29, 0.717) is 11.4 Å². The summed E-state index contributed by atoms with van der Waals surface area (Å²) in [6.07, 6.45) is 0. The molecule has 0 aromatic heterocycles. The first-order valence-corrected chi connectivity index (χ1v) is 5.27. The van der Waals surface area contributed by atoms with Gasteiger partial charge in [0.2, 0.25) is 0 Å². The Morgan fingerprint density at radius 1 is 1.60 bits per heavy atom. The first-order chi connectivity index (χ1) is 7.17. The summed E-state index contributed by atoms with van der Waals surface area (Å²) in [7, 11) is 0. The molecule has 0 saturated heterocycles. The summed E-state index contributed by atoms with van der Waals surface area (Å²) in [4.78, 5) is 11.6. The second kappa shape index (κ2) is 5.73. The van der Waals surface area contributed by atoms with E-state index in [4.69, 9.17) is 16.7 Å². The molecule has 15 heavy (non-hydrogen) atoms. The van der Waals surface area contributed by atoms with Gasteiger partial charge in [-0.3, -0.25) is 4.79 Å². The summed E-state index contributed by atoms with van der Waals surface area (Å²) in [5.74, 6) is 0.194. The fourth-order valence-corrected chi connectivity index (χ4v) is 1.31. The average molecular weight is 228 g/mol. The molecule has 1 atom stereocenters. The third-order valence-electron chi connectivity index (χ3n) is 1.99. The van der Waals surface area contributed by atoms with Crippen molar-refractivity contribution in [1.82, 2.24) is 5.32 Å². The first-order valence-electron chi connectivity index (χ1n) is 4.74. The van der Waals surface area contributed by atoms with Crippen molar-refractivity contribution in [2.75, 3.05) is 6.61 Å². The van der Waals surface area contributed by atoms with Crippen molar-refractivity contribution in [3.63, 3.8) is 0 Å². The zero-order valence-corrected chi connectivity index (χ0v) is 9.29. The number of hydrogen-bond acceptors (Lipinski definition) is 2. The molecular weight excluding hydrogens is 214 g/mol. The van der Waals surface area contributed by atoms with Crippen LogP contribution in [0, 0.1) is 0 Å². The number of alkyl halides is 1. The molecular formula is C11H14ClNO2. The highest BCUT2D eigenvalue weighted by Crippen LogP contribution is 2.07. The molecule has 0 bridgehead atoms. The van der Waals surface area contributed by atoms with Crippen molar-refractivity contribution in [1.29, 1.82) is 0 Å². The van der Waals surface area contributed by atoms with E-state index in [0.717, 1.165) is 5.56 Å². The predicted molar refractivity (Wildman–Crippen MR) is 60.0 cm³/mol. The molecule has 4 heteroatoms. The molecule has 0 heterocycles. The van der Waals surface area contributed by atoms with Gasteiger partial charge in [-0.2, -0.15) is 0 Å². The van der Waals surface area contributed by atoms with Gasteiger partial charge in [0.15, 0.2) is 0 Å². The monoisotopic (exact) mass is 227 g/mol. The lowest BCUT2D eigenvalue weighted by molar-refractivity contribution is 0.0922. The van der Waals surface area contributed by atoms with E-state index in [1.807, 2.05) is 6.07 Å². The minimum atomic E-state index is -0.239. The van der Waals surface area contributed by atoms with Gasteiger partial charge in [-0.25, -0.2) is 0 Å². The van der Waals surface area contributed by atoms with Crippen molar-refractivity contribution < 1.29 is 9.90 Å². The van der Waals surface area contributed by atoms with Gasteiger partial charge in [0.25, 0.3) is 5.91 Å². The molecule has 1 rings (SSSR count). The number of aliphatic hydroxyl groups excluding tert-OH is 1.